The Morgan fingerprint density at radius 3 is 1.27 bits per heavy atom. The molecule has 2 aliphatic heterocycles. The van der Waals surface area contributed by atoms with Gasteiger partial charge in [-0.05, 0) is 90.5 Å². The molecule has 0 bridgehead atoms. The van der Waals surface area contributed by atoms with Crippen molar-refractivity contribution in [1.82, 2.24) is 39.3 Å². The van der Waals surface area contributed by atoms with Gasteiger partial charge in [0.25, 0.3) is 0 Å². The molecule has 2 aliphatic rings. The lowest BCUT2D eigenvalue weighted by atomic mass is 9.88. The zero-order chi connectivity index (χ0) is 60.4. The summed E-state index contributed by atoms with van der Waals surface area (Å²) in [5.41, 5.74) is -1.24. The van der Waals surface area contributed by atoms with Crippen LogP contribution in [0.4, 0.5) is 0 Å². The van der Waals surface area contributed by atoms with E-state index in [1.54, 1.807) is 51.3 Å². The van der Waals surface area contributed by atoms with Crippen molar-refractivity contribution in [2.75, 3.05) is 40.4 Å². The second-order valence-electron chi connectivity index (χ2n) is 21.9. The molecule has 2 fully saturated rings. The summed E-state index contributed by atoms with van der Waals surface area (Å²) in [7, 11) is 3.19. The number of fused-ring (bicyclic) bond motifs is 2. The van der Waals surface area contributed by atoms with E-state index in [0.717, 1.165) is 11.1 Å². The predicted octanol–water partition coefficient (Wildman–Crippen LogP) is 10.4. The van der Waals surface area contributed by atoms with Crippen LogP contribution in [0, 0.1) is 13.8 Å². The molecule has 0 unspecified atom stereocenters. The highest BCUT2D eigenvalue weighted by Crippen LogP contribution is 2.41. The van der Waals surface area contributed by atoms with E-state index in [1.807, 2.05) is 58.3 Å². The number of ether oxygens (including phenoxy) is 4. The van der Waals surface area contributed by atoms with E-state index < -0.39 is 45.8 Å². The number of aromatic nitrogens is 6. The second kappa shape index (κ2) is 27.1. The van der Waals surface area contributed by atoms with Gasteiger partial charge in [-0.2, -0.15) is 10.2 Å². The van der Waals surface area contributed by atoms with E-state index in [1.165, 1.54) is 75.3 Å². The number of benzene rings is 2. The number of carboxylic acids is 2. The Kier molecular flexibility index (Phi) is 20.6. The molecule has 8 aromatic rings. The number of para-hydroxylation sites is 2. The number of carbonyl (C=O) groups is 4. The molecule has 24 heteroatoms. The quantitative estimate of drug-likeness (QED) is 0.0808. The summed E-state index contributed by atoms with van der Waals surface area (Å²) in [5, 5.41) is 30.2. The number of aryl methyl sites for hydroxylation is 2. The van der Waals surface area contributed by atoms with Crippen LogP contribution < -0.4 is 20.3 Å². The van der Waals surface area contributed by atoms with E-state index in [-0.39, 0.29) is 63.4 Å². The number of likely N-dealkylation sites (tertiary alicyclic amines) is 2. The highest BCUT2D eigenvalue weighted by atomic mass is 32.1. The Hall–Kier alpha value is -8.06. The summed E-state index contributed by atoms with van der Waals surface area (Å²) in [5.74, 6) is -0.232. The average Bonchev–Trinajstić information content (AvgIpc) is 1.56. The molecule has 0 saturated carbocycles. The maximum atomic E-state index is 13.8. The molecule has 2 N–H and O–H groups in total. The van der Waals surface area contributed by atoms with Gasteiger partial charge in [-0.3, -0.25) is 38.1 Å². The van der Waals surface area contributed by atoms with Crippen molar-refractivity contribution in [3.8, 4) is 33.0 Å². The molecule has 6 aromatic heterocycles. The maximum absolute atomic E-state index is 13.8. The molecule has 2 atom stereocenters. The Bertz CT molecular complexity index is 3580. The summed E-state index contributed by atoms with van der Waals surface area (Å²) in [4.78, 5) is 90.6. The molecule has 2 saturated heterocycles. The Labute approximate surface area is 506 Å². The van der Waals surface area contributed by atoms with Gasteiger partial charge in [-0.25, -0.2) is 9.97 Å². The highest BCUT2D eigenvalue weighted by molar-refractivity contribution is 7.22. The third kappa shape index (κ3) is 13.2. The third-order valence-electron chi connectivity index (χ3n) is 15.7. The van der Waals surface area contributed by atoms with Gasteiger partial charge in [0.1, 0.15) is 68.1 Å². The molecule has 10 rings (SSSR count). The van der Waals surface area contributed by atoms with Crippen LogP contribution in [-0.4, -0.2) is 126 Å². The first-order valence-electron chi connectivity index (χ1n) is 27.5. The zero-order valence-corrected chi connectivity index (χ0v) is 50.1. The number of aliphatic carboxylic acids is 2. The van der Waals surface area contributed by atoms with Crippen molar-refractivity contribution in [3.05, 3.63) is 128 Å². The fourth-order valence-corrected chi connectivity index (χ4v) is 13.0. The normalized spacial score (nSPS) is 14.9. The minimum Gasteiger partial charge on any atom is -0.496 e. The van der Waals surface area contributed by atoms with Crippen LogP contribution in [0.2, 0.25) is 0 Å². The SMILES string of the molecule is C.C.COc1ccccc1[C@@H](Cn1nc(C(C)(C)C(=O)O)c(=O)c2c(C)c(-c3ncco3)sc21)OC1CCN(C(C)=O)CC1.COc1ccccc1[C@H](Cn1nc(C(C)(C)C(=O)O)c(=O)c2c(C)c(-c3ncco3)sc21)OC1CCN(C(C)=O)CC1. The van der Waals surface area contributed by atoms with Crippen molar-refractivity contribution < 1.29 is 57.2 Å². The van der Waals surface area contributed by atoms with E-state index in [0.29, 0.717) is 116 Å². The van der Waals surface area contributed by atoms with Gasteiger partial charge in [0, 0.05) is 51.2 Å². The number of thiophene rings is 2. The van der Waals surface area contributed by atoms with Crippen LogP contribution in [0.25, 0.3) is 42.0 Å². The van der Waals surface area contributed by atoms with Crippen LogP contribution in [0.3, 0.4) is 0 Å². The van der Waals surface area contributed by atoms with Crippen LogP contribution in [0.1, 0.15) is 128 Å². The van der Waals surface area contributed by atoms with Gasteiger partial charge >= 0.3 is 11.9 Å². The summed E-state index contributed by atoms with van der Waals surface area (Å²) >= 11 is 2.63. The number of hydrogen-bond donors (Lipinski definition) is 2. The number of rotatable bonds is 18. The number of amides is 2. The number of carbonyl (C=O) groups excluding carboxylic acids is 2. The largest absolute Gasteiger partial charge is 0.496 e. The number of carboxylic acid groups (broad SMARTS) is 2. The van der Waals surface area contributed by atoms with E-state index in [4.69, 9.17) is 27.8 Å². The Morgan fingerprint density at radius 1 is 0.616 bits per heavy atom. The van der Waals surface area contributed by atoms with Crippen molar-refractivity contribution in [1.29, 1.82) is 0 Å². The maximum Gasteiger partial charge on any atom is 0.315 e. The van der Waals surface area contributed by atoms with Crippen molar-refractivity contribution >= 4 is 66.9 Å². The Balaban J connectivity index is 0.000000240. The van der Waals surface area contributed by atoms with Crippen molar-refractivity contribution in [2.24, 2.45) is 0 Å². The predicted molar refractivity (Wildman–Crippen MR) is 327 cm³/mol. The molecule has 0 spiro atoms. The second-order valence-corrected chi connectivity index (χ2v) is 23.9. The van der Waals surface area contributed by atoms with Gasteiger partial charge in [-0.1, -0.05) is 51.3 Å². The molecule has 0 radical (unpaired) electrons. The lowest BCUT2D eigenvalue weighted by Gasteiger charge is -2.34. The molecule has 0 aliphatic carbocycles. The van der Waals surface area contributed by atoms with Crippen LogP contribution >= 0.6 is 22.7 Å². The number of methoxy groups -OCH3 is 2. The molecular formula is C62H76N8O14S2. The minimum atomic E-state index is -1.55. The number of oxazole rings is 2. The highest BCUT2D eigenvalue weighted by Gasteiger charge is 2.39. The summed E-state index contributed by atoms with van der Waals surface area (Å²) < 4.78 is 39.2. The minimum absolute atomic E-state index is 0. The van der Waals surface area contributed by atoms with Crippen LogP contribution in [0.15, 0.2) is 91.9 Å². The number of piperidine rings is 2. The fourth-order valence-electron chi connectivity index (χ4n) is 10.6. The molecule has 86 heavy (non-hydrogen) atoms. The molecule has 22 nitrogen and oxygen atoms in total. The lowest BCUT2D eigenvalue weighted by Crippen LogP contribution is -2.40. The van der Waals surface area contributed by atoms with Gasteiger partial charge in [0.2, 0.25) is 34.5 Å². The van der Waals surface area contributed by atoms with Gasteiger partial charge < -0.3 is 47.8 Å². The van der Waals surface area contributed by atoms with Crippen molar-refractivity contribution in [2.45, 2.75) is 144 Å². The first kappa shape index (κ1) is 65.5. The molecule has 460 valence electrons. The zero-order valence-electron chi connectivity index (χ0n) is 48.5. The Morgan fingerprint density at radius 2 is 0.965 bits per heavy atom. The van der Waals surface area contributed by atoms with Gasteiger partial charge in [-0.15, -0.1) is 22.7 Å². The van der Waals surface area contributed by atoms with E-state index in [2.05, 4.69) is 20.2 Å². The molecular weight excluding hydrogens is 1140 g/mol. The summed E-state index contributed by atoms with van der Waals surface area (Å²) in [6.45, 7) is 15.4. The van der Waals surface area contributed by atoms with Crippen LogP contribution in [-0.2, 0) is 52.6 Å². The smallest absolute Gasteiger partial charge is 0.315 e. The summed E-state index contributed by atoms with van der Waals surface area (Å²) in [6, 6.07) is 15.1. The first-order valence-corrected chi connectivity index (χ1v) is 29.1. The van der Waals surface area contributed by atoms with Gasteiger partial charge in [0.15, 0.2) is 0 Å². The first-order chi connectivity index (χ1) is 40.0. The van der Waals surface area contributed by atoms with E-state index >= 15 is 0 Å². The van der Waals surface area contributed by atoms with Crippen LogP contribution in [0.5, 0.6) is 11.5 Å². The van der Waals surface area contributed by atoms with E-state index in [9.17, 15) is 39.0 Å². The molecule has 2 aromatic carbocycles. The monoisotopic (exact) mass is 1220 g/mol. The third-order valence-corrected chi connectivity index (χ3v) is 18.3. The van der Waals surface area contributed by atoms with Gasteiger partial charge in [0.05, 0.1) is 72.4 Å². The summed E-state index contributed by atoms with van der Waals surface area (Å²) in [6.07, 6.45) is 7.30. The topological polar surface area (TPSA) is 274 Å². The molecule has 8 heterocycles. The van der Waals surface area contributed by atoms with Crippen molar-refractivity contribution in [3.63, 3.8) is 0 Å². The number of hydrogen-bond acceptors (Lipinski definition) is 18. The average molecular weight is 1220 g/mol. The molecule has 2 amide bonds. The standard InChI is InChI=1S/2C30H34N4O7S.2CH4/c2*1-17-23-24(36)26(30(3,4)29(37)38)32-34(28(23)42-25(17)27-31-12-15-40-27)16-22(20-8-6-7-9-21(20)39-5)41-19-10-13-33(14-11-19)18(2)35;;/h2*6-9,12,15,19,22H,10-11,13-14,16H2,1-5H3,(H,37,38);2*1H4/t2*22-;;/m10../s1. The number of nitrogens with zero attached hydrogens (tertiary/aromatic N) is 8. The lowest BCUT2D eigenvalue weighted by molar-refractivity contribution is -0.143. The fraction of sp³-hybridized carbons (Fsp3) is 0.452.